The van der Waals surface area contributed by atoms with Crippen LogP contribution < -0.4 is 5.32 Å². The average Bonchev–Trinajstić information content (AvgIpc) is 2.85. The Balaban J connectivity index is 2.55. The summed E-state index contributed by atoms with van der Waals surface area (Å²) in [6.45, 7) is 7.10. The van der Waals surface area contributed by atoms with Gasteiger partial charge in [0.1, 0.15) is 11.5 Å². The van der Waals surface area contributed by atoms with Gasteiger partial charge in [-0.25, -0.2) is 9.97 Å². The Morgan fingerprint density at radius 3 is 2.72 bits per heavy atom. The molecule has 0 aliphatic rings. The molecule has 0 amide bonds. The minimum absolute atomic E-state index is 0.336. The highest BCUT2D eigenvalue weighted by atomic mass is 127. The number of aromatic amines is 1. The van der Waals surface area contributed by atoms with Crippen LogP contribution in [-0.4, -0.2) is 31.9 Å². The van der Waals surface area contributed by atoms with Crippen LogP contribution in [0.3, 0.4) is 0 Å². The molecule has 0 aromatic carbocycles. The summed E-state index contributed by atoms with van der Waals surface area (Å²) in [5.74, 6) is 1.79. The number of aromatic nitrogens is 5. The molecule has 0 atom stereocenters. The van der Waals surface area contributed by atoms with Crippen molar-refractivity contribution in [3.8, 4) is 11.5 Å². The van der Waals surface area contributed by atoms with Crippen LogP contribution in [0.4, 0.5) is 5.82 Å². The molecular formula is C11H15IN6. The molecule has 0 saturated carbocycles. The average molecular weight is 358 g/mol. The highest BCUT2D eigenvalue weighted by molar-refractivity contribution is 14.1. The lowest BCUT2D eigenvalue weighted by atomic mass is 10.1. The predicted octanol–water partition coefficient (Wildman–Crippen LogP) is 2.42. The molecule has 0 bridgehead atoms. The molecule has 0 aliphatic carbocycles. The Morgan fingerprint density at radius 2 is 2.17 bits per heavy atom. The minimum Gasteiger partial charge on any atom is -0.369 e. The summed E-state index contributed by atoms with van der Waals surface area (Å²) in [6.07, 6.45) is 1.63. The van der Waals surface area contributed by atoms with Gasteiger partial charge >= 0.3 is 0 Å². The van der Waals surface area contributed by atoms with Crippen LogP contribution in [0.5, 0.6) is 0 Å². The van der Waals surface area contributed by atoms with Crippen molar-refractivity contribution in [2.24, 2.45) is 0 Å². The van der Waals surface area contributed by atoms with Crippen molar-refractivity contribution < 1.29 is 0 Å². The highest BCUT2D eigenvalue weighted by Crippen LogP contribution is 2.27. The minimum atomic E-state index is 0.336. The smallest absolute Gasteiger partial charge is 0.184 e. The van der Waals surface area contributed by atoms with E-state index >= 15 is 0 Å². The number of hydrogen-bond donors (Lipinski definition) is 2. The first-order valence-electron chi connectivity index (χ1n) is 5.81. The first-order valence-corrected chi connectivity index (χ1v) is 6.88. The number of halogens is 1. The Morgan fingerprint density at radius 1 is 1.39 bits per heavy atom. The SMILES string of the molecule is CCNc1nc(-c2cn[nH]n2)nc(C(C)C)c1I. The molecule has 96 valence electrons. The highest BCUT2D eigenvalue weighted by Gasteiger charge is 2.16. The zero-order chi connectivity index (χ0) is 13.1. The van der Waals surface area contributed by atoms with Crippen molar-refractivity contribution in [3.63, 3.8) is 0 Å². The monoisotopic (exact) mass is 358 g/mol. The fourth-order valence-electron chi connectivity index (χ4n) is 1.56. The molecule has 2 heterocycles. The van der Waals surface area contributed by atoms with Crippen LogP contribution in [-0.2, 0) is 0 Å². The number of nitrogens with zero attached hydrogens (tertiary/aromatic N) is 4. The fourth-order valence-corrected chi connectivity index (χ4v) is 2.61. The molecule has 2 N–H and O–H groups in total. The van der Waals surface area contributed by atoms with Gasteiger partial charge in [0.15, 0.2) is 5.82 Å². The molecule has 0 saturated heterocycles. The van der Waals surface area contributed by atoms with E-state index < -0.39 is 0 Å². The summed E-state index contributed by atoms with van der Waals surface area (Å²) < 4.78 is 1.07. The van der Waals surface area contributed by atoms with Gasteiger partial charge in [-0.3, -0.25) is 0 Å². The standard InChI is InChI=1S/C11H15IN6/c1-4-13-11-8(12)9(6(2)3)15-10(16-11)7-5-14-18-17-7/h5-6H,4H2,1-3H3,(H,13,15,16)(H,14,17,18). The maximum Gasteiger partial charge on any atom is 0.184 e. The van der Waals surface area contributed by atoms with Crippen molar-refractivity contribution in [3.05, 3.63) is 15.5 Å². The maximum absolute atomic E-state index is 4.58. The lowest BCUT2D eigenvalue weighted by molar-refractivity contribution is 0.807. The summed E-state index contributed by atoms with van der Waals surface area (Å²) in [4.78, 5) is 9.07. The number of anilines is 1. The van der Waals surface area contributed by atoms with E-state index in [1.165, 1.54) is 0 Å². The second-order valence-electron chi connectivity index (χ2n) is 4.14. The molecule has 18 heavy (non-hydrogen) atoms. The van der Waals surface area contributed by atoms with E-state index in [1.807, 2.05) is 6.92 Å². The second kappa shape index (κ2) is 5.59. The molecule has 7 heteroatoms. The van der Waals surface area contributed by atoms with Crippen LogP contribution in [0, 0.1) is 3.57 Å². The molecule has 2 aromatic heterocycles. The van der Waals surface area contributed by atoms with Crippen molar-refractivity contribution in [2.45, 2.75) is 26.7 Å². The molecule has 0 unspecified atom stereocenters. The largest absolute Gasteiger partial charge is 0.369 e. The Labute approximate surface area is 119 Å². The van der Waals surface area contributed by atoms with Gasteiger partial charge in [0.05, 0.1) is 15.5 Å². The Hall–Kier alpha value is -1.25. The fraction of sp³-hybridized carbons (Fsp3) is 0.455. The Kier molecular flexibility index (Phi) is 4.10. The van der Waals surface area contributed by atoms with Gasteiger partial charge in [-0.15, -0.1) is 0 Å². The maximum atomic E-state index is 4.58. The first-order chi connectivity index (χ1) is 8.63. The topological polar surface area (TPSA) is 79.4 Å². The van der Waals surface area contributed by atoms with Gasteiger partial charge in [0.25, 0.3) is 0 Å². The van der Waals surface area contributed by atoms with Crippen LogP contribution in [0.25, 0.3) is 11.5 Å². The van der Waals surface area contributed by atoms with Gasteiger partial charge in [-0.2, -0.15) is 15.4 Å². The van der Waals surface area contributed by atoms with E-state index in [2.05, 4.69) is 67.1 Å². The zero-order valence-electron chi connectivity index (χ0n) is 10.5. The molecule has 6 nitrogen and oxygen atoms in total. The number of rotatable bonds is 4. The predicted molar refractivity (Wildman–Crippen MR) is 78.4 cm³/mol. The summed E-state index contributed by atoms with van der Waals surface area (Å²) in [6, 6.07) is 0. The molecule has 0 spiro atoms. The summed E-state index contributed by atoms with van der Waals surface area (Å²) in [5.41, 5.74) is 1.69. The van der Waals surface area contributed by atoms with Crippen LogP contribution >= 0.6 is 22.6 Å². The quantitative estimate of drug-likeness (QED) is 0.821. The number of nitrogens with one attached hydrogen (secondary N) is 2. The summed E-state index contributed by atoms with van der Waals surface area (Å²) in [5, 5.41) is 13.7. The van der Waals surface area contributed by atoms with Crippen LogP contribution in [0.15, 0.2) is 6.20 Å². The third kappa shape index (κ3) is 2.60. The second-order valence-corrected chi connectivity index (χ2v) is 5.21. The van der Waals surface area contributed by atoms with Crippen molar-refractivity contribution in [2.75, 3.05) is 11.9 Å². The molecule has 2 aromatic rings. The Bertz CT molecular complexity index is 523. The van der Waals surface area contributed by atoms with Gasteiger partial charge in [-0.05, 0) is 35.4 Å². The zero-order valence-corrected chi connectivity index (χ0v) is 12.7. The first kappa shape index (κ1) is 13.2. The molecule has 2 rings (SSSR count). The van der Waals surface area contributed by atoms with Crippen LogP contribution in [0.1, 0.15) is 32.4 Å². The van der Waals surface area contributed by atoms with Gasteiger partial charge in [0, 0.05) is 6.54 Å². The molecular weight excluding hydrogens is 343 g/mol. The molecule has 0 aliphatic heterocycles. The van der Waals surface area contributed by atoms with Crippen molar-refractivity contribution in [1.29, 1.82) is 0 Å². The lowest BCUT2D eigenvalue weighted by Gasteiger charge is -2.13. The van der Waals surface area contributed by atoms with Gasteiger partial charge in [0.2, 0.25) is 0 Å². The lowest BCUT2D eigenvalue weighted by Crippen LogP contribution is -2.09. The summed E-state index contributed by atoms with van der Waals surface area (Å²) in [7, 11) is 0. The van der Waals surface area contributed by atoms with E-state index in [9.17, 15) is 0 Å². The van der Waals surface area contributed by atoms with E-state index in [-0.39, 0.29) is 0 Å². The van der Waals surface area contributed by atoms with Crippen molar-refractivity contribution >= 4 is 28.4 Å². The van der Waals surface area contributed by atoms with E-state index in [0.717, 1.165) is 21.6 Å². The van der Waals surface area contributed by atoms with E-state index in [0.29, 0.717) is 17.4 Å². The van der Waals surface area contributed by atoms with Crippen molar-refractivity contribution in [1.82, 2.24) is 25.4 Å². The van der Waals surface area contributed by atoms with Crippen LogP contribution in [0.2, 0.25) is 0 Å². The molecule has 0 radical (unpaired) electrons. The van der Waals surface area contributed by atoms with E-state index in [1.54, 1.807) is 6.20 Å². The number of hydrogen-bond acceptors (Lipinski definition) is 5. The number of H-pyrrole nitrogens is 1. The molecule has 0 fully saturated rings. The van der Waals surface area contributed by atoms with Gasteiger partial charge < -0.3 is 5.32 Å². The van der Waals surface area contributed by atoms with E-state index in [4.69, 9.17) is 0 Å². The third-order valence-corrected chi connectivity index (χ3v) is 3.48. The third-order valence-electron chi connectivity index (χ3n) is 2.41. The summed E-state index contributed by atoms with van der Waals surface area (Å²) >= 11 is 2.28. The van der Waals surface area contributed by atoms with Gasteiger partial charge in [-0.1, -0.05) is 13.8 Å². The normalized spacial score (nSPS) is 10.9.